The smallest absolute Gasteiger partial charge is 0.444 e. The Labute approximate surface area is 94.6 Å². The summed E-state index contributed by atoms with van der Waals surface area (Å²) in [7, 11) is 0. The van der Waals surface area contributed by atoms with Gasteiger partial charge in [0, 0.05) is 0 Å². The Morgan fingerprint density at radius 1 is 0.889 bits per heavy atom. The van der Waals surface area contributed by atoms with Crippen molar-refractivity contribution in [3.63, 3.8) is 0 Å². The molecule has 0 fully saturated rings. The Bertz CT molecular complexity index is 356. The lowest BCUT2D eigenvalue weighted by Gasteiger charge is -2.13. The molecule has 0 spiro atoms. The van der Waals surface area contributed by atoms with E-state index in [1.54, 1.807) is 0 Å². The lowest BCUT2D eigenvalue weighted by atomic mass is 10.4. The van der Waals surface area contributed by atoms with Crippen LogP contribution in [0.2, 0.25) is 0 Å². The minimum atomic E-state index is -5.50. The van der Waals surface area contributed by atoms with E-state index in [0.29, 0.717) is 6.92 Å². The van der Waals surface area contributed by atoms with Crippen molar-refractivity contribution < 1.29 is 50.2 Å². The van der Waals surface area contributed by atoms with E-state index >= 15 is 0 Å². The number of esters is 3. The van der Waals surface area contributed by atoms with Gasteiger partial charge in [-0.1, -0.05) is 0 Å². The van der Waals surface area contributed by atoms with Crippen molar-refractivity contribution in [3.8, 4) is 0 Å². The Morgan fingerprint density at radius 3 is 1.61 bits per heavy atom. The zero-order chi connectivity index (χ0) is 14.7. The summed E-state index contributed by atoms with van der Waals surface area (Å²) < 4.78 is 76.4. The van der Waals surface area contributed by atoms with E-state index in [4.69, 9.17) is 0 Å². The van der Waals surface area contributed by atoms with Gasteiger partial charge >= 0.3 is 30.3 Å². The first-order chi connectivity index (χ1) is 7.85. The van der Waals surface area contributed by atoms with E-state index < -0.39 is 36.4 Å². The maximum Gasteiger partial charge on any atom is 0.491 e. The van der Waals surface area contributed by atoms with Crippen molar-refractivity contribution in [1.29, 1.82) is 0 Å². The predicted molar refractivity (Wildman–Crippen MR) is 38.8 cm³/mol. The van der Waals surface area contributed by atoms with Gasteiger partial charge in [-0.25, -0.2) is 14.4 Å². The fraction of sp³-hybridized carbons (Fsp3) is 0.571. The van der Waals surface area contributed by atoms with Crippen LogP contribution >= 0.6 is 0 Å². The first-order valence-electron chi connectivity index (χ1n) is 3.96. The van der Waals surface area contributed by atoms with Crippen molar-refractivity contribution in [2.75, 3.05) is 0 Å². The van der Waals surface area contributed by atoms with Crippen LogP contribution in [0.15, 0.2) is 0 Å². The average Bonchev–Trinajstić information content (AvgIpc) is 2.14. The van der Waals surface area contributed by atoms with Crippen LogP contribution in [-0.4, -0.2) is 36.4 Å². The highest BCUT2D eigenvalue weighted by Gasteiger charge is 2.45. The second kappa shape index (κ2) is 5.23. The molecule has 18 heavy (non-hydrogen) atoms. The number of carbonyl (C=O) groups is 3. The number of hydrogen-bond donors (Lipinski definition) is 0. The third kappa shape index (κ3) is 5.01. The molecule has 0 amide bonds. The molecule has 0 aromatic rings. The Kier molecular flexibility index (Phi) is 4.70. The highest BCUT2D eigenvalue weighted by atomic mass is 19.4. The van der Waals surface area contributed by atoms with Gasteiger partial charge in [0.05, 0.1) is 0 Å². The second-order valence-electron chi connectivity index (χ2n) is 2.75. The number of rotatable bonds is 2. The van der Waals surface area contributed by atoms with Crippen LogP contribution in [0.3, 0.4) is 0 Å². The molecule has 1 unspecified atom stereocenters. The number of carbonyl (C=O) groups excluding carboxylic acids is 3. The molecule has 0 N–H and O–H groups in total. The molecule has 1 atom stereocenters. The van der Waals surface area contributed by atoms with Crippen LogP contribution in [0.25, 0.3) is 0 Å². The predicted octanol–water partition coefficient (Wildman–Crippen LogP) is 1.11. The Balaban J connectivity index is 4.47. The lowest BCUT2D eigenvalue weighted by molar-refractivity contribution is -0.213. The number of ether oxygens (including phenoxy) is 2. The van der Waals surface area contributed by atoms with Crippen LogP contribution in [-0.2, 0) is 23.9 Å². The summed E-state index contributed by atoms with van der Waals surface area (Å²) in [6.45, 7) is 0.510. The second-order valence-corrected chi connectivity index (χ2v) is 2.75. The molecule has 0 aliphatic heterocycles. The molecule has 0 heterocycles. The van der Waals surface area contributed by atoms with Crippen molar-refractivity contribution in [2.24, 2.45) is 0 Å². The zero-order valence-electron chi connectivity index (χ0n) is 8.39. The van der Waals surface area contributed by atoms with Crippen LogP contribution in [0.1, 0.15) is 6.92 Å². The van der Waals surface area contributed by atoms with E-state index in [-0.39, 0.29) is 0 Å². The summed E-state index contributed by atoms with van der Waals surface area (Å²) in [6, 6.07) is 0. The molecule has 0 saturated carbocycles. The summed E-state index contributed by atoms with van der Waals surface area (Å²) in [5, 5.41) is 0. The molecule has 5 nitrogen and oxygen atoms in total. The van der Waals surface area contributed by atoms with Crippen LogP contribution in [0.5, 0.6) is 0 Å². The molecule has 11 heteroatoms. The fourth-order valence-corrected chi connectivity index (χ4v) is 0.508. The largest absolute Gasteiger partial charge is 0.491 e. The summed E-state index contributed by atoms with van der Waals surface area (Å²) in [5.74, 6) is -7.80. The molecule has 0 aliphatic carbocycles. The van der Waals surface area contributed by atoms with Crippen molar-refractivity contribution in [1.82, 2.24) is 0 Å². The number of hydrogen-bond acceptors (Lipinski definition) is 5. The van der Waals surface area contributed by atoms with Crippen LogP contribution < -0.4 is 0 Å². The molecule has 0 aliphatic rings. The molecule has 0 saturated heterocycles. The first-order valence-corrected chi connectivity index (χ1v) is 3.96. The van der Waals surface area contributed by atoms with Gasteiger partial charge in [0.1, 0.15) is 0 Å². The van der Waals surface area contributed by atoms with Gasteiger partial charge in [-0.3, -0.25) is 0 Å². The van der Waals surface area contributed by atoms with Gasteiger partial charge in [-0.2, -0.15) is 26.3 Å². The Morgan fingerprint density at radius 2 is 1.28 bits per heavy atom. The number of halogens is 6. The molecular formula is C7H4F6O5. The van der Waals surface area contributed by atoms with Crippen molar-refractivity contribution in [2.45, 2.75) is 25.4 Å². The van der Waals surface area contributed by atoms with Crippen molar-refractivity contribution in [3.05, 3.63) is 0 Å². The molecule has 0 aromatic heterocycles. The first kappa shape index (κ1) is 16.2. The molecule has 0 bridgehead atoms. The third-order valence-electron chi connectivity index (χ3n) is 1.27. The molecular weight excluding hydrogens is 278 g/mol. The van der Waals surface area contributed by atoms with Gasteiger partial charge in [0.25, 0.3) is 0 Å². The molecule has 104 valence electrons. The van der Waals surface area contributed by atoms with E-state index in [2.05, 4.69) is 9.47 Å². The summed E-state index contributed by atoms with van der Waals surface area (Å²) in [5.41, 5.74) is 0. The van der Waals surface area contributed by atoms with Crippen LogP contribution in [0.4, 0.5) is 26.3 Å². The Hall–Kier alpha value is -1.81. The van der Waals surface area contributed by atoms with Gasteiger partial charge in [0.2, 0.25) is 0 Å². The standard InChI is InChI=1S/C7H4F6O5/c1-2(17-4(15)6(8,9)10)3(14)18-5(16)7(11,12)13/h2H,1H3. The van der Waals surface area contributed by atoms with E-state index in [1.807, 2.05) is 0 Å². The summed E-state index contributed by atoms with van der Waals surface area (Å²) in [4.78, 5) is 31.0. The quantitative estimate of drug-likeness (QED) is 0.431. The van der Waals surface area contributed by atoms with Gasteiger partial charge < -0.3 is 9.47 Å². The maximum atomic E-state index is 11.7. The summed E-state index contributed by atoms with van der Waals surface area (Å²) in [6.07, 6.45) is -13.2. The third-order valence-corrected chi connectivity index (χ3v) is 1.27. The van der Waals surface area contributed by atoms with Gasteiger partial charge in [-0.15, -0.1) is 0 Å². The maximum absolute atomic E-state index is 11.7. The van der Waals surface area contributed by atoms with Gasteiger partial charge in [-0.05, 0) is 6.92 Å². The monoisotopic (exact) mass is 282 g/mol. The minimum Gasteiger partial charge on any atom is -0.444 e. The number of alkyl halides is 6. The van der Waals surface area contributed by atoms with E-state index in [0.717, 1.165) is 0 Å². The SMILES string of the molecule is CC(OC(=O)C(F)(F)F)C(=O)OC(=O)C(F)(F)F. The van der Waals surface area contributed by atoms with Gasteiger partial charge in [0.15, 0.2) is 6.10 Å². The van der Waals surface area contributed by atoms with E-state index in [1.165, 1.54) is 0 Å². The lowest BCUT2D eigenvalue weighted by Crippen LogP contribution is -2.36. The molecule has 0 rings (SSSR count). The molecule has 0 radical (unpaired) electrons. The van der Waals surface area contributed by atoms with E-state index in [9.17, 15) is 40.7 Å². The van der Waals surface area contributed by atoms with Crippen molar-refractivity contribution >= 4 is 17.9 Å². The minimum absolute atomic E-state index is 0.510. The summed E-state index contributed by atoms with van der Waals surface area (Å²) >= 11 is 0. The fourth-order valence-electron chi connectivity index (χ4n) is 0.508. The highest BCUT2D eigenvalue weighted by molar-refractivity contribution is 5.91. The highest BCUT2D eigenvalue weighted by Crippen LogP contribution is 2.19. The zero-order valence-corrected chi connectivity index (χ0v) is 8.39. The van der Waals surface area contributed by atoms with Crippen LogP contribution in [0, 0.1) is 0 Å². The molecule has 0 aromatic carbocycles. The topological polar surface area (TPSA) is 69.7 Å². The normalized spacial score (nSPS) is 13.7. The average molecular weight is 282 g/mol.